The molecule has 120 valence electrons. The van der Waals surface area contributed by atoms with E-state index < -0.39 is 0 Å². The highest BCUT2D eigenvalue weighted by Crippen LogP contribution is 2.38. The van der Waals surface area contributed by atoms with E-state index in [1.165, 1.54) is 0 Å². The fourth-order valence-corrected chi connectivity index (χ4v) is 3.11. The summed E-state index contributed by atoms with van der Waals surface area (Å²) in [6, 6.07) is 0.0709. The largest absolute Gasteiger partial charge is 0.493 e. The molecule has 3 N–H and O–H groups in total. The van der Waals surface area contributed by atoms with Crippen molar-refractivity contribution in [2.45, 2.75) is 58.2 Å². The molecule has 1 heterocycles. The SMILES string of the molecule is CCCn1ncc(OC)c1C(CC1CC(OCC)C1)NN. The van der Waals surface area contributed by atoms with Crippen LogP contribution in [-0.4, -0.2) is 29.6 Å². The summed E-state index contributed by atoms with van der Waals surface area (Å²) in [7, 11) is 1.68. The lowest BCUT2D eigenvalue weighted by Gasteiger charge is -2.37. The third-order valence-electron chi connectivity index (χ3n) is 4.20. The molecule has 1 unspecified atom stereocenters. The molecule has 0 aliphatic heterocycles. The number of methoxy groups -OCH3 is 1. The van der Waals surface area contributed by atoms with Gasteiger partial charge in [0.25, 0.3) is 0 Å². The minimum absolute atomic E-state index is 0.0709. The van der Waals surface area contributed by atoms with Crippen LogP contribution in [0, 0.1) is 5.92 Å². The first-order valence-corrected chi connectivity index (χ1v) is 7.90. The van der Waals surface area contributed by atoms with E-state index in [1.54, 1.807) is 13.3 Å². The van der Waals surface area contributed by atoms with Crippen molar-refractivity contribution in [2.75, 3.05) is 13.7 Å². The average molecular weight is 296 g/mol. The molecule has 1 aromatic heterocycles. The maximum atomic E-state index is 5.80. The lowest BCUT2D eigenvalue weighted by Crippen LogP contribution is -2.37. The van der Waals surface area contributed by atoms with E-state index in [1.807, 2.05) is 11.6 Å². The highest BCUT2D eigenvalue weighted by molar-refractivity contribution is 5.28. The van der Waals surface area contributed by atoms with E-state index in [0.717, 1.165) is 50.3 Å². The summed E-state index contributed by atoms with van der Waals surface area (Å²) >= 11 is 0. The Bertz CT molecular complexity index is 429. The van der Waals surface area contributed by atoms with E-state index in [9.17, 15) is 0 Å². The van der Waals surface area contributed by atoms with Gasteiger partial charge < -0.3 is 9.47 Å². The van der Waals surface area contributed by atoms with Crippen molar-refractivity contribution < 1.29 is 9.47 Å². The summed E-state index contributed by atoms with van der Waals surface area (Å²) in [6.07, 6.45) is 6.48. The molecule has 0 bridgehead atoms. The van der Waals surface area contributed by atoms with Crippen molar-refractivity contribution >= 4 is 0 Å². The van der Waals surface area contributed by atoms with Crippen molar-refractivity contribution in [1.29, 1.82) is 0 Å². The maximum absolute atomic E-state index is 5.80. The Morgan fingerprint density at radius 1 is 1.48 bits per heavy atom. The minimum Gasteiger partial charge on any atom is -0.493 e. The van der Waals surface area contributed by atoms with Gasteiger partial charge in [-0.05, 0) is 38.5 Å². The van der Waals surface area contributed by atoms with E-state index in [-0.39, 0.29) is 6.04 Å². The van der Waals surface area contributed by atoms with Crippen LogP contribution < -0.4 is 16.0 Å². The molecule has 6 heteroatoms. The number of hydrogen-bond acceptors (Lipinski definition) is 5. The number of hydrogen-bond donors (Lipinski definition) is 2. The van der Waals surface area contributed by atoms with Gasteiger partial charge in [-0.1, -0.05) is 6.92 Å². The molecule has 1 aliphatic carbocycles. The molecule has 6 nitrogen and oxygen atoms in total. The quantitative estimate of drug-likeness (QED) is 0.538. The van der Waals surface area contributed by atoms with Crippen LogP contribution in [0.5, 0.6) is 5.75 Å². The number of nitrogens with zero attached hydrogens (tertiary/aromatic N) is 2. The van der Waals surface area contributed by atoms with Gasteiger partial charge in [0.2, 0.25) is 0 Å². The monoisotopic (exact) mass is 296 g/mol. The first-order chi connectivity index (χ1) is 10.2. The Hall–Kier alpha value is -1.11. The lowest BCUT2D eigenvalue weighted by atomic mass is 9.77. The summed E-state index contributed by atoms with van der Waals surface area (Å²) < 4.78 is 13.1. The number of nitrogens with one attached hydrogen (secondary N) is 1. The van der Waals surface area contributed by atoms with Crippen molar-refractivity contribution in [3.05, 3.63) is 11.9 Å². The number of nitrogens with two attached hydrogens (primary N) is 1. The number of rotatable bonds is 9. The zero-order chi connectivity index (χ0) is 15.2. The van der Waals surface area contributed by atoms with Crippen LogP contribution in [0.15, 0.2) is 6.20 Å². The van der Waals surface area contributed by atoms with Gasteiger partial charge in [0.15, 0.2) is 5.75 Å². The first kappa shape index (κ1) is 16.3. The van der Waals surface area contributed by atoms with E-state index in [2.05, 4.69) is 17.4 Å². The lowest BCUT2D eigenvalue weighted by molar-refractivity contribution is -0.0294. The topological polar surface area (TPSA) is 74.3 Å². The zero-order valence-corrected chi connectivity index (χ0v) is 13.3. The molecule has 2 rings (SSSR count). The normalized spacial score (nSPS) is 22.9. The van der Waals surface area contributed by atoms with Crippen LogP contribution >= 0.6 is 0 Å². The van der Waals surface area contributed by atoms with Crippen molar-refractivity contribution in [3.8, 4) is 5.75 Å². The fraction of sp³-hybridized carbons (Fsp3) is 0.800. The number of aromatic nitrogens is 2. The molecule has 1 fully saturated rings. The highest BCUT2D eigenvalue weighted by Gasteiger charge is 2.33. The predicted molar refractivity (Wildman–Crippen MR) is 81.9 cm³/mol. The smallest absolute Gasteiger partial charge is 0.161 e. The molecule has 0 radical (unpaired) electrons. The minimum atomic E-state index is 0.0709. The van der Waals surface area contributed by atoms with Crippen LogP contribution in [0.2, 0.25) is 0 Å². The molecular formula is C15H28N4O2. The Labute approximate surface area is 126 Å². The van der Waals surface area contributed by atoms with Gasteiger partial charge in [0.1, 0.15) is 0 Å². The van der Waals surface area contributed by atoms with Crippen LogP contribution in [0.1, 0.15) is 51.3 Å². The fourth-order valence-electron chi connectivity index (χ4n) is 3.11. The van der Waals surface area contributed by atoms with E-state index in [0.29, 0.717) is 12.0 Å². The molecule has 0 aromatic carbocycles. The molecule has 1 saturated carbocycles. The van der Waals surface area contributed by atoms with Gasteiger partial charge >= 0.3 is 0 Å². The van der Waals surface area contributed by atoms with E-state index in [4.69, 9.17) is 15.3 Å². The Morgan fingerprint density at radius 2 is 2.24 bits per heavy atom. The second kappa shape index (κ2) is 7.77. The van der Waals surface area contributed by atoms with Crippen LogP contribution in [0.4, 0.5) is 0 Å². The summed E-state index contributed by atoms with van der Waals surface area (Å²) in [5.74, 6) is 7.26. The van der Waals surface area contributed by atoms with Gasteiger partial charge in [-0.25, -0.2) is 0 Å². The van der Waals surface area contributed by atoms with Gasteiger partial charge in [-0.15, -0.1) is 0 Å². The van der Waals surface area contributed by atoms with Crippen molar-refractivity contribution in [1.82, 2.24) is 15.2 Å². The number of ether oxygens (including phenoxy) is 2. The molecule has 0 saturated heterocycles. The van der Waals surface area contributed by atoms with Crippen molar-refractivity contribution in [2.24, 2.45) is 11.8 Å². The summed E-state index contributed by atoms with van der Waals surface area (Å²) in [4.78, 5) is 0. The van der Waals surface area contributed by atoms with E-state index >= 15 is 0 Å². The van der Waals surface area contributed by atoms with Gasteiger partial charge in [0.05, 0.1) is 31.1 Å². The Balaban J connectivity index is 2.02. The Morgan fingerprint density at radius 3 is 2.81 bits per heavy atom. The zero-order valence-electron chi connectivity index (χ0n) is 13.3. The molecule has 0 spiro atoms. The first-order valence-electron chi connectivity index (χ1n) is 7.90. The average Bonchev–Trinajstić information content (AvgIpc) is 2.85. The molecular weight excluding hydrogens is 268 g/mol. The second-order valence-electron chi connectivity index (χ2n) is 5.69. The third kappa shape index (κ3) is 3.75. The van der Waals surface area contributed by atoms with Gasteiger partial charge in [0, 0.05) is 13.2 Å². The second-order valence-corrected chi connectivity index (χ2v) is 5.69. The molecule has 0 amide bonds. The van der Waals surface area contributed by atoms with Crippen LogP contribution in [-0.2, 0) is 11.3 Å². The van der Waals surface area contributed by atoms with Crippen molar-refractivity contribution in [3.63, 3.8) is 0 Å². The summed E-state index contributed by atoms with van der Waals surface area (Å²) in [6.45, 7) is 5.86. The van der Waals surface area contributed by atoms with Crippen LogP contribution in [0.25, 0.3) is 0 Å². The molecule has 1 aromatic rings. The van der Waals surface area contributed by atoms with Crippen LogP contribution in [0.3, 0.4) is 0 Å². The van der Waals surface area contributed by atoms with Gasteiger partial charge in [-0.2, -0.15) is 5.10 Å². The summed E-state index contributed by atoms with van der Waals surface area (Å²) in [5, 5.41) is 4.41. The Kier molecular flexibility index (Phi) is 6.02. The highest BCUT2D eigenvalue weighted by atomic mass is 16.5. The summed E-state index contributed by atoms with van der Waals surface area (Å²) in [5.41, 5.74) is 4.00. The number of aryl methyl sites for hydroxylation is 1. The number of hydrazine groups is 1. The molecule has 1 atom stereocenters. The van der Waals surface area contributed by atoms with Gasteiger partial charge in [-0.3, -0.25) is 16.0 Å². The maximum Gasteiger partial charge on any atom is 0.161 e. The standard InChI is InChI=1S/C15H28N4O2/c1-4-6-19-15(14(20-3)10-17-19)13(18-16)9-11-7-12(8-11)21-5-2/h10-13,18H,4-9,16H2,1-3H3. The molecule has 1 aliphatic rings. The predicted octanol–water partition coefficient (Wildman–Crippen LogP) is 2.01. The third-order valence-corrected chi connectivity index (χ3v) is 4.20. The molecule has 21 heavy (non-hydrogen) atoms.